The van der Waals surface area contributed by atoms with Crippen LogP contribution in [0.2, 0.25) is 0 Å². The number of aliphatic hydroxyl groups excluding tert-OH is 1. The third-order valence-corrected chi connectivity index (χ3v) is 2.85. The van der Waals surface area contributed by atoms with Crippen LogP contribution in [0.3, 0.4) is 0 Å². The van der Waals surface area contributed by atoms with Gasteiger partial charge < -0.3 is 9.84 Å². The zero-order valence-corrected chi connectivity index (χ0v) is 10.5. The van der Waals surface area contributed by atoms with Crippen molar-refractivity contribution in [2.24, 2.45) is 0 Å². The number of aryl methyl sites for hydroxylation is 1. The predicted octanol–water partition coefficient (Wildman–Crippen LogP) is 2.72. The molecular formula is C15H17NO2. The predicted molar refractivity (Wildman–Crippen MR) is 70.3 cm³/mol. The van der Waals surface area contributed by atoms with Crippen LogP contribution in [-0.2, 0) is 19.6 Å². The van der Waals surface area contributed by atoms with Gasteiger partial charge in [-0.05, 0) is 29.7 Å². The fraction of sp³-hybridized carbons (Fsp3) is 0.267. The smallest absolute Gasteiger partial charge is 0.138 e. The van der Waals surface area contributed by atoms with E-state index in [0.717, 1.165) is 12.2 Å². The van der Waals surface area contributed by atoms with Crippen LogP contribution in [-0.4, -0.2) is 10.1 Å². The standard InChI is InChI=1S/C15H17NO2/c1-2-12-5-3-4-6-13(12)11-18-15-8-7-14(10-17)16-9-15/h3-9,17H,2,10-11H2,1H3. The Balaban J connectivity index is 2.02. The third-order valence-electron chi connectivity index (χ3n) is 2.85. The topological polar surface area (TPSA) is 42.4 Å². The second kappa shape index (κ2) is 6.17. The minimum Gasteiger partial charge on any atom is -0.487 e. The molecule has 1 N–H and O–H groups in total. The lowest BCUT2D eigenvalue weighted by atomic mass is 10.1. The molecule has 0 saturated heterocycles. The van der Waals surface area contributed by atoms with Crippen LogP contribution in [0.5, 0.6) is 5.75 Å². The van der Waals surface area contributed by atoms with Crippen molar-refractivity contribution in [1.82, 2.24) is 4.98 Å². The summed E-state index contributed by atoms with van der Waals surface area (Å²) >= 11 is 0. The van der Waals surface area contributed by atoms with Crippen LogP contribution >= 0.6 is 0 Å². The Morgan fingerprint density at radius 3 is 2.50 bits per heavy atom. The van der Waals surface area contributed by atoms with E-state index in [1.165, 1.54) is 11.1 Å². The molecule has 1 aromatic carbocycles. The highest BCUT2D eigenvalue weighted by atomic mass is 16.5. The molecule has 0 saturated carbocycles. The van der Waals surface area contributed by atoms with Crippen LogP contribution < -0.4 is 4.74 Å². The summed E-state index contributed by atoms with van der Waals surface area (Å²) in [6.07, 6.45) is 2.64. The van der Waals surface area contributed by atoms with Crippen molar-refractivity contribution in [3.05, 3.63) is 59.4 Å². The van der Waals surface area contributed by atoms with Gasteiger partial charge in [0.1, 0.15) is 12.4 Å². The highest BCUT2D eigenvalue weighted by Crippen LogP contribution is 2.15. The first-order chi connectivity index (χ1) is 8.83. The molecule has 2 rings (SSSR count). The number of pyridine rings is 1. The van der Waals surface area contributed by atoms with Gasteiger partial charge in [-0.25, -0.2) is 0 Å². The summed E-state index contributed by atoms with van der Waals surface area (Å²) in [5.74, 6) is 0.720. The molecule has 3 heteroatoms. The molecule has 0 unspecified atom stereocenters. The molecule has 0 radical (unpaired) electrons. The summed E-state index contributed by atoms with van der Waals surface area (Å²) in [6, 6.07) is 11.8. The number of nitrogens with zero attached hydrogens (tertiary/aromatic N) is 1. The summed E-state index contributed by atoms with van der Waals surface area (Å²) in [6.45, 7) is 2.64. The van der Waals surface area contributed by atoms with Gasteiger partial charge in [-0.2, -0.15) is 0 Å². The van der Waals surface area contributed by atoms with Crippen molar-refractivity contribution >= 4 is 0 Å². The highest BCUT2D eigenvalue weighted by Gasteiger charge is 2.01. The van der Waals surface area contributed by atoms with Gasteiger partial charge in [0.25, 0.3) is 0 Å². The van der Waals surface area contributed by atoms with E-state index in [2.05, 4.69) is 24.0 Å². The van der Waals surface area contributed by atoms with Crippen molar-refractivity contribution in [3.63, 3.8) is 0 Å². The van der Waals surface area contributed by atoms with E-state index in [1.54, 1.807) is 12.3 Å². The number of hydrogen-bond acceptors (Lipinski definition) is 3. The van der Waals surface area contributed by atoms with Gasteiger partial charge in [-0.1, -0.05) is 31.2 Å². The van der Waals surface area contributed by atoms with Gasteiger partial charge in [0.15, 0.2) is 0 Å². The molecular weight excluding hydrogens is 226 g/mol. The fourth-order valence-electron chi connectivity index (χ4n) is 1.79. The van der Waals surface area contributed by atoms with Gasteiger partial charge in [0.2, 0.25) is 0 Å². The Bertz CT molecular complexity index is 494. The van der Waals surface area contributed by atoms with E-state index >= 15 is 0 Å². The van der Waals surface area contributed by atoms with Crippen molar-refractivity contribution in [3.8, 4) is 5.75 Å². The lowest BCUT2D eigenvalue weighted by molar-refractivity contribution is 0.275. The molecule has 0 fully saturated rings. The normalized spacial score (nSPS) is 10.3. The van der Waals surface area contributed by atoms with E-state index < -0.39 is 0 Å². The Kier molecular flexibility index (Phi) is 4.31. The van der Waals surface area contributed by atoms with E-state index in [9.17, 15) is 0 Å². The molecule has 0 atom stereocenters. The van der Waals surface area contributed by atoms with Gasteiger partial charge in [-0.3, -0.25) is 4.98 Å². The number of aliphatic hydroxyl groups is 1. The molecule has 3 nitrogen and oxygen atoms in total. The Morgan fingerprint density at radius 2 is 1.89 bits per heavy atom. The lowest BCUT2D eigenvalue weighted by Gasteiger charge is -2.09. The minimum atomic E-state index is -0.0427. The van der Waals surface area contributed by atoms with Crippen molar-refractivity contribution in [2.75, 3.05) is 0 Å². The molecule has 0 aliphatic rings. The average molecular weight is 243 g/mol. The van der Waals surface area contributed by atoms with Crippen molar-refractivity contribution < 1.29 is 9.84 Å². The Hall–Kier alpha value is -1.87. The summed E-state index contributed by atoms with van der Waals surface area (Å²) in [4.78, 5) is 4.08. The fourth-order valence-corrected chi connectivity index (χ4v) is 1.79. The Labute approximate surface area is 107 Å². The van der Waals surface area contributed by atoms with Crippen molar-refractivity contribution in [2.45, 2.75) is 26.6 Å². The Morgan fingerprint density at radius 1 is 1.11 bits per heavy atom. The molecule has 1 heterocycles. The van der Waals surface area contributed by atoms with E-state index in [0.29, 0.717) is 12.3 Å². The van der Waals surface area contributed by atoms with Crippen LogP contribution in [0, 0.1) is 0 Å². The summed E-state index contributed by atoms with van der Waals surface area (Å²) in [5, 5.41) is 8.90. The molecule has 0 bridgehead atoms. The van der Waals surface area contributed by atoms with Crippen molar-refractivity contribution in [1.29, 1.82) is 0 Å². The molecule has 18 heavy (non-hydrogen) atoms. The van der Waals surface area contributed by atoms with Gasteiger partial charge in [0.05, 0.1) is 18.5 Å². The SMILES string of the molecule is CCc1ccccc1COc1ccc(CO)nc1. The first-order valence-electron chi connectivity index (χ1n) is 6.09. The third kappa shape index (κ3) is 3.08. The minimum absolute atomic E-state index is 0.0427. The molecule has 0 aliphatic carbocycles. The first kappa shape index (κ1) is 12.6. The second-order valence-corrected chi connectivity index (χ2v) is 4.05. The molecule has 0 spiro atoms. The summed E-state index contributed by atoms with van der Waals surface area (Å²) in [5.41, 5.74) is 3.15. The number of ether oxygens (including phenoxy) is 1. The first-order valence-corrected chi connectivity index (χ1v) is 6.09. The average Bonchev–Trinajstić information content (AvgIpc) is 2.46. The molecule has 1 aromatic heterocycles. The number of rotatable bonds is 5. The van der Waals surface area contributed by atoms with E-state index in [-0.39, 0.29) is 6.61 Å². The number of aromatic nitrogens is 1. The zero-order chi connectivity index (χ0) is 12.8. The van der Waals surface area contributed by atoms with Gasteiger partial charge in [-0.15, -0.1) is 0 Å². The zero-order valence-electron chi connectivity index (χ0n) is 10.5. The van der Waals surface area contributed by atoms with Crippen LogP contribution in [0.15, 0.2) is 42.6 Å². The molecule has 2 aromatic rings. The maximum absolute atomic E-state index is 8.90. The van der Waals surface area contributed by atoms with E-state index in [4.69, 9.17) is 9.84 Å². The van der Waals surface area contributed by atoms with Crippen LogP contribution in [0.4, 0.5) is 0 Å². The largest absolute Gasteiger partial charge is 0.487 e. The molecule has 0 aliphatic heterocycles. The van der Waals surface area contributed by atoms with Crippen LogP contribution in [0.25, 0.3) is 0 Å². The highest BCUT2D eigenvalue weighted by molar-refractivity contribution is 5.27. The number of benzene rings is 1. The summed E-state index contributed by atoms with van der Waals surface area (Å²) in [7, 11) is 0. The number of hydrogen-bond donors (Lipinski definition) is 1. The lowest BCUT2D eigenvalue weighted by Crippen LogP contribution is -2.00. The van der Waals surface area contributed by atoms with E-state index in [1.807, 2.05) is 18.2 Å². The summed E-state index contributed by atoms with van der Waals surface area (Å²) < 4.78 is 5.69. The van der Waals surface area contributed by atoms with Gasteiger partial charge >= 0.3 is 0 Å². The molecule has 94 valence electrons. The molecule has 0 amide bonds. The quantitative estimate of drug-likeness (QED) is 0.878. The maximum atomic E-state index is 8.90. The van der Waals surface area contributed by atoms with Crippen LogP contribution in [0.1, 0.15) is 23.7 Å². The second-order valence-electron chi connectivity index (χ2n) is 4.05. The maximum Gasteiger partial charge on any atom is 0.138 e. The van der Waals surface area contributed by atoms with Gasteiger partial charge in [0, 0.05) is 0 Å². The monoisotopic (exact) mass is 243 g/mol.